The second-order valence-electron chi connectivity index (χ2n) is 7.60. The van der Waals surface area contributed by atoms with E-state index in [9.17, 15) is 0 Å². The van der Waals surface area contributed by atoms with Gasteiger partial charge < -0.3 is 19.7 Å². The van der Waals surface area contributed by atoms with Crippen LogP contribution in [0.1, 0.15) is 18.3 Å². The molecule has 3 aromatic rings. The van der Waals surface area contributed by atoms with Crippen LogP contribution in [0.25, 0.3) is 0 Å². The first-order chi connectivity index (χ1) is 15.3. The lowest BCUT2D eigenvalue weighted by Gasteiger charge is -2.37. The number of aromatic nitrogens is 3. The molecule has 7 nitrogen and oxygen atoms in total. The Kier molecular flexibility index (Phi) is 9.33. The van der Waals surface area contributed by atoms with Gasteiger partial charge in [0, 0.05) is 70.8 Å². The summed E-state index contributed by atoms with van der Waals surface area (Å²) < 4.78 is 2.21. The number of aliphatic imine (C=N–C) groups is 1. The lowest BCUT2D eigenvalue weighted by molar-refractivity contribution is 0.371. The van der Waals surface area contributed by atoms with E-state index in [0.717, 1.165) is 63.3 Å². The van der Waals surface area contributed by atoms with Crippen LogP contribution in [0.2, 0.25) is 0 Å². The summed E-state index contributed by atoms with van der Waals surface area (Å²) in [6, 6.07) is 16.6. The van der Waals surface area contributed by atoms with Gasteiger partial charge in [0.25, 0.3) is 0 Å². The Morgan fingerprint density at radius 3 is 2.47 bits per heavy atom. The number of benzene rings is 1. The molecule has 1 aliphatic heterocycles. The fraction of sp³-hybridized carbons (Fsp3) is 0.375. The SMILES string of the molecule is CCNC(=NCCc1nccn1Cc1ccccc1)N1CCN(c2ccccn2)CC1.I. The molecule has 0 unspecified atom stereocenters. The number of pyridine rings is 1. The van der Waals surface area contributed by atoms with E-state index in [2.05, 4.69) is 66.9 Å². The van der Waals surface area contributed by atoms with Crippen LogP contribution in [0.5, 0.6) is 0 Å². The molecule has 0 bridgehead atoms. The Hall–Kier alpha value is -2.62. The zero-order chi connectivity index (χ0) is 21.3. The highest BCUT2D eigenvalue weighted by atomic mass is 127. The van der Waals surface area contributed by atoms with Crippen LogP contribution in [-0.2, 0) is 13.0 Å². The average molecular weight is 545 g/mol. The van der Waals surface area contributed by atoms with Crippen LogP contribution in [0.4, 0.5) is 5.82 Å². The third-order valence-corrected chi connectivity index (χ3v) is 5.48. The highest BCUT2D eigenvalue weighted by molar-refractivity contribution is 14.0. The van der Waals surface area contributed by atoms with Gasteiger partial charge in [-0.1, -0.05) is 36.4 Å². The van der Waals surface area contributed by atoms with E-state index >= 15 is 0 Å². The molecule has 1 aromatic carbocycles. The number of guanidine groups is 1. The van der Waals surface area contributed by atoms with Crippen molar-refractivity contribution in [3.63, 3.8) is 0 Å². The summed E-state index contributed by atoms with van der Waals surface area (Å²) in [6.07, 6.45) is 6.61. The van der Waals surface area contributed by atoms with E-state index in [4.69, 9.17) is 4.99 Å². The first-order valence-corrected chi connectivity index (χ1v) is 11.1. The molecule has 1 saturated heterocycles. The molecule has 0 radical (unpaired) electrons. The molecule has 4 rings (SSSR count). The van der Waals surface area contributed by atoms with Gasteiger partial charge in [-0.15, -0.1) is 24.0 Å². The van der Waals surface area contributed by atoms with Gasteiger partial charge in [-0.25, -0.2) is 9.97 Å². The van der Waals surface area contributed by atoms with E-state index < -0.39 is 0 Å². The highest BCUT2D eigenvalue weighted by Crippen LogP contribution is 2.13. The van der Waals surface area contributed by atoms with E-state index in [0.29, 0.717) is 6.54 Å². The van der Waals surface area contributed by atoms with Crippen LogP contribution >= 0.6 is 24.0 Å². The van der Waals surface area contributed by atoms with Crippen molar-refractivity contribution in [2.75, 3.05) is 44.2 Å². The Labute approximate surface area is 207 Å². The number of anilines is 1. The molecule has 0 spiro atoms. The summed E-state index contributed by atoms with van der Waals surface area (Å²) in [5.74, 6) is 3.11. The summed E-state index contributed by atoms with van der Waals surface area (Å²) in [5.41, 5.74) is 1.28. The minimum atomic E-state index is 0. The van der Waals surface area contributed by atoms with E-state index in [1.54, 1.807) is 0 Å². The molecular weight excluding hydrogens is 513 g/mol. The van der Waals surface area contributed by atoms with E-state index in [1.165, 1.54) is 5.56 Å². The maximum Gasteiger partial charge on any atom is 0.194 e. The second-order valence-corrected chi connectivity index (χ2v) is 7.60. The molecule has 0 saturated carbocycles. The third kappa shape index (κ3) is 6.44. The number of halogens is 1. The van der Waals surface area contributed by atoms with Gasteiger partial charge in [0.05, 0.1) is 0 Å². The van der Waals surface area contributed by atoms with Gasteiger partial charge in [-0.3, -0.25) is 4.99 Å². The summed E-state index contributed by atoms with van der Waals surface area (Å²) in [4.78, 5) is 18.6. The largest absolute Gasteiger partial charge is 0.357 e. The number of piperazine rings is 1. The van der Waals surface area contributed by atoms with Gasteiger partial charge in [0.15, 0.2) is 5.96 Å². The van der Waals surface area contributed by atoms with Crippen molar-refractivity contribution >= 4 is 35.8 Å². The number of rotatable bonds is 7. The van der Waals surface area contributed by atoms with Crippen LogP contribution in [0.3, 0.4) is 0 Å². The summed E-state index contributed by atoms with van der Waals surface area (Å²) in [6.45, 7) is 8.31. The molecule has 2 aromatic heterocycles. The molecule has 3 heterocycles. The predicted molar refractivity (Wildman–Crippen MR) is 141 cm³/mol. The highest BCUT2D eigenvalue weighted by Gasteiger charge is 2.20. The number of imidazole rings is 1. The lowest BCUT2D eigenvalue weighted by atomic mass is 10.2. The number of nitrogens with one attached hydrogen (secondary N) is 1. The topological polar surface area (TPSA) is 61.6 Å². The van der Waals surface area contributed by atoms with Crippen molar-refractivity contribution in [1.82, 2.24) is 24.8 Å². The van der Waals surface area contributed by atoms with Gasteiger partial charge in [-0.05, 0) is 24.6 Å². The van der Waals surface area contributed by atoms with Crippen LogP contribution in [0.15, 0.2) is 72.1 Å². The summed E-state index contributed by atoms with van der Waals surface area (Å²) in [7, 11) is 0. The smallest absolute Gasteiger partial charge is 0.194 e. The Bertz CT molecular complexity index is 951. The second kappa shape index (κ2) is 12.4. The zero-order valence-corrected chi connectivity index (χ0v) is 20.9. The van der Waals surface area contributed by atoms with E-state index in [-0.39, 0.29) is 24.0 Å². The Morgan fingerprint density at radius 1 is 0.969 bits per heavy atom. The zero-order valence-electron chi connectivity index (χ0n) is 18.6. The lowest BCUT2D eigenvalue weighted by Crippen LogP contribution is -2.52. The van der Waals surface area contributed by atoms with Crippen LogP contribution < -0.4 is 10.2 Å². The van der Waals surface area contributed by atoms with Gasteiger partial charge in [-0.2, -0.15) is 0 Å². The minimum absolute atomic E-state index is 0. The average Bonchev–Trinajstić information content (AvgIpc) is 3.26. The first kappa shape index (κ1) is 24.0. The number of hydrogen-bond acceptors (Lipinski definition) is 4. The van der Waals surface area contributed by atoms with Crippen molar-refractivity contribution in [3.05, 3.63) is 78.5 Å². The normalized spacial score (nSPS) is 14.2. The maximum absolute atomic E-state index is 4.90. The first-order valence-electron chi connectivity index (χ1n) is 11.1. The summed E-state index contributed by atoms with van der Waals surface area (Å²) in [5, 5.41) is 3.46. The monoisotopic (exact) mass is 545 g/mol. The molecule has 1 N–H and O–H groups in total. The van der Waals surface area contributed by atoms with Crippen LogP contribution in [-0.4, -0.2) is 64.7 Å². The van der Waals surface area contributed by atoms with Crippen LogP contribution in [0, 0.1) is 0 Å². The van der Waals surface area contributed by atoms with Crippen molar-refractivity contribution in [2.24, 2.45) is 4.99 Å². The molecular formula is C24H32IN7. The molecule has 170 valence electrons. The van der Waals surface area contributed by atoms with Gasteiger partial charge >= 0.3 is 0 Å². The Balaban J connectivity index is 0.00000289. The van der Waals surface area contributed by atoms with E-state index in [1.807, 2.05) is 36.8 Å². The minimum Gasteiger partial charge on any atom is -0.357 e. The van der Waals surface area contributed by atoms with Crippen molar-refractivity contribution < 1.29 is 0 Å². The molecule has 1 fully saturated rings. The molecule has 0 atom stereocenters. The summed E-state index contributed by atoms with van der Waals surface area (Å²) >= 11 is 0. The van der Waals surface area contributed by atoms with Gasteiger partial charge in [0.2, 0.25) is 0 Å². The van der Waals surface area contributed by atoms with Crippen molar-refractivity contribution in [3.8, 4) is 0 Å². The molecule has 32 heavy (non-hydrogen) atoms. The number of nitrogens with zero attached hydrogens (tertiary/aromatic N) is 6. The number of hydrogen-bond donors (Lipinski definition) is 1. The van der Waals surface area contributed by atoms with Crippen molar-refractivity contribution in [2.45, 2.75) is 19.9 Å². The molecule has 8 heteroatoms. The third-order valence-electron chi connectivity index (χ3n) is 5.48. The maximum atomic E-state index is 4.90. The molecule has 0 amide bonds. The fourth-order valence-corrected chi connectivity index (χ4v) is 3.87. The van der Waals surface area contributed by atoms with Gasteiger partial charge in [0.1, 0.15) is 11.6 Å². The van der Waals surface area contributed by atoms with Crippen molar-refractivity contribution in [1.29, 1.82) is 0 Å². The Morgan fingerprint density at radius 2 is 1.75 bits per heavy atom. The molecule has 1 aliphatic rings. The molecule has 0 aliphatic carbocycles. The quantitative estimate of drug-likeness (QED) is 0.281. The fourth-order valence-electron chi connectivity index (χ4n) is 3.87. The predicted octanol–water partition coefficient (Wildman–Crippen LogP) is 3.27. The standard InChI is InChI=1S/C24H31N7.HI/c1-2-25-24(30-18-16-29(17-19-30)22-10-6-7-12-26-22)28-13-11-23-27-14-15-31(23)20-21-8-4-3-5-9-21;/h3-10,12,14-15H,2,11,13,16-20H2,1H3,(H,25,28);1H.